The fraction of sp³-hybridized carbons (Fsp3) is 1.00. The van der Waals surface area contributed by atoms with Crippen LogP contribution in [0, 0.1) is 0 Å². The van der Waals surface area contributed by atoms with E-state index in [9.17, 15) is 0 Å². The molecule has 1 rings (SSSR count). The Labute approximate surface area is 111 Å². The molecule has 0 aromatic heterocycles. The minimum Gasteiger partial charge on any atom is -0.379 e. The van der Waals surface area contributed by atoms with E-state index < -0.39 is 5.79 Å². The van der Waals surface area contributed by atoms with Gasteiger partial charge < -0.3 is 18.9 Å². The fourth-order valence-corrected chi connectivity index (χ4v) is 1.78. The minimum atomic E-state index is -0.473. The van der Waals surface area contributed by atoms with Gasteiger partial charge >= 0.3 is 0 Å². The summed E-state index contributed by atoms with van der Waals surface area (Å²) in [5.41, 5.74) is -0.190. The van der Waals surface area contributed by atoms with Crippen LogP contribution in [0.1, 0.15) is 48.0 Å². The maximum absolute atomic E-state index is 5.90. The van der Waals surface area contributed by atoms with Gasteiger partial charge in [0.2, 0.25) is 0 Å². The summed E-state index contributed by atoms with van der Waals surface area (Å²) < 4.78 is 22.7. The van der Waals surface area contributed by atoms with Crippen molar-refractivity contribution in [3.05, 3.63) is 0 Å². The van der Waals surface area contributed by atoms with Crippen LogP contribution >= 0.6 is 0 Å². The van der Waals surface area contributed by atoms with Crippen molar-refractivity contribution < 1.29 is 18.9 Å². The van der Waals surface area contributed by atoms with E-state index in [1.54, 1.807) is 0 Å². The molecule has 1 unspecified atom stereocenters. The number of hydrogen-bond acceptors (Lipinski definition) is 4. The van der Waals surface area contributed by atoms with Crippen LogP contribution in [-0.4, -0.2) is 43.4 Å². The molecule has 1 saturated heterocycles. The first kappa shape index (κ1) is 15.9. The molecule has 0 N–H and O–H groups in total. The first-order chi connectivity index (χ1) is 8.20. The van der Waals surface area contributed by atoms with Crippen molar-refractivity contribution in [3.63, 3.8) is 0 Å². The monoisotopic (exact) mass is 260 g/mol. The van der Waals surface area contributed by atoms with E-state index in [1.807, 2.05) is 27.7 Å². The SMILES string of the molecule is CC(C)OCCC(C)(C)OCC1COC(C)(C)O1. The Hall–Kier alpha value is -0.160. The van der Waals surface area contributed by atoms with E-state index in [4.69, 9.17) is 18.9 Å². The Kier molecular flexibility index (Phi) is 5.59. The van der Waals surface area contributed by atoms with Crippen LogP contribution in [0.3, 0.4) is 0 Å². The third kappa shape index (κ3) is 6.14. The third-order valence-corrected chi connectivity index (χ3v) is 2.88. The van der Waals surface area contributed by atoms with Gasteiger partial charge in [0, 0.05) is 6.61 Å². The first-order valence-electron chi connectivity index (χ1n) is 6.77. The molecule has 0 bridgehead atoms. The molecule has 4 heteroatoms. The van der Waals surface area contributed by atoms with Gasteiger partial charge in [0.15, 0.2) is 5.79 Å². The second kappa shape index (κ2) is 6.33. The van der Waals surface area contributed by atoms with Gasteiger partial charge in [-0.3, -0.25) is 0 Å². The number of ether oxygens (including phenoxy) is 4. The molecule has 0 spiro atoms. The van der Waals surface area contributed by atoms with E-state index in [0.717, 1.165) is 13.0 Å². The molecule has 1 aliphatic heterocycles. The molecule has 1 heterocycles. The lowest BCUT2D eigenvalue weighted by Gasteiger charge is -2.27. The molecule has 0 radical (unpaired) electrons. The minimum absolute atomic E-state index is 0.0327. The van der Waals surface area contributed by atoms with Crippen molar-refractivity contribution in [2.24, 2.45) is 0 Å². The molecule has 0 aromatic carbocycles. The van der Waals surface area contributed by atoms with Crippen molar-refractivity contribution in [1.29, 1.82) is 0 Å². The van der Waals surface area contributed by atoms with Crippen molar-refractivity contribution in [3.8, 4) is 0 Å². The van der Waals surface area contributed by atoms with E-state index in [-0.39, 0.29) is 17.8 Å². The average molecular weight is 260 g/mol. The molecule has 0 amide bonds. The lowest BCUT2D eigenvalue weighted by atomic mass is 10.1. The topological polar surface area (TPSA) is 36.9 Å². The van der Waals surface area contributed by atoms with Crippen LogP contribution in [0.25, 0.3) is 0 Å². The molecule has 1 atom stereocenters. The highest BCUT2D eigenvalue weighted by Crippen LogP contribution is 2.24. The van der Waals surface area contributed by atoms with Gasteiger partial charge in [-0.2, -0.15) is 0 Å². The quantitative estimate of drug-likeness (QED) is 0.705. The van der Waals surface area contributed by atoms with E-state index in [1.165, 1.54) is 0 Å². The first-order valence-corrected chi connectivity index (χ1v) is 6.77. The van der Waals surface area contributed by atoms with Crippen LogP contribution in [0.2, 0.25) is 0 Å². The highest BCUT2D eigenvalue weighted by atomic mass is 16.7. The summed E-state index contributed by atoms with van der Waals surface area (Å²) in [5.74, 6) is -0.473. The molecule has 18 heavy (non-hydrogen) atoms. The number of rotatable bonds is 7. The van der Waals surface area contributed by atoms with Crippen LogP contribution in [0.4, 0.5) is 0 Å². The van der Waals surface area contributed by atoms with Crippen molar-refractivity contribution in [2.75, 3.05) is 19.8 Å². The summed E-state index contributed by atoms with van der Waals surface area (Å²) in [7, 11) is 0. The van der Waals surface area contributed by atoms with Crippen LogP contribution in [0.5, 0.6) is 0 Å². The molecule has 4 nitrogen and oxygen atoms in total. The van der Waals surface area contributed by atoms with Gasteiger partial charge in [0.05, 0.1) is 24.9 Å². The zero-order chi connectivity index (χ0) is 13.8. The summed E-state index contributed by atoms with van der Waals surface area (Å²) in [4.78, 5) is 0. The van der Waals surface area contributed by atoms with Gasteiger partial charge in [0.1, 0.15) is 6.10 Å². The molecular formula is C14H28O4. The Morgan fingerprint density at radius 2 is 2.00 bits per heavy atom. The van der Waals surface area contributed by atoms with E-state index >= 15 is 0 Å². The van der Waals surface area contributed by atoms with Crippen LogP contribution in [0.15, 0.2) is 0 Å². The Bertz CT molecular complexity index is 248. The van der Waals surface area contributed by atoms with Crippen molar-refractivity contribution >= 4 is 0 Å². The summed E-state index contributed by atoms with van der Waals surface area (Å²) >= 11 is 0. The Balaban J connectivity index is 2.21. The molecule has 0 saturated carbocycles. The molecule has 0 aromatic rings. The Morgan fingerprint density at radius 1 is 1.33 bits per heavy atom. The van der Waals surface area contributed by atoms with E-state index in [0.29, 0.717) is 13.2 Å². The Morgan fingerprint density at radius 3 is 2.50 bits per heavy atom. The summed E-state index contributed by atoms with van der Waals surface area (Å²) in [6.07, 6.45) is 1.18. The lowest BCUT2D eigenvalue weighted by molar-refractivity contribution is -0.154. The highest BCUT2D eigenvalue weighted by molar-refractivity contribution is 4.74. The largest absolute Gasteiger partial charge is 0.379 e. The predicted molar refractivity (Wildman–Crippen MR) is 70.6 cm³/mol. The van der Waals surface area contributed by atoms with Gasteiger partial charge in [-0.15, -0.1) is 0 Å². The summed E-state index contributed by atoms with van der Waals surface area (Å²) in [5, 5.41) is 0. The van der Waals surface area contributed by atoms with Crippen LogP contribution < -0.4 is 0 Å². The summed E-state index contributed by atoms with van der Waals surface area (Å²) in [6, 6.07) is 0. The van der Waals surface area contributed by atoms with Gasteiger partial charge in [-0.05, 0) is 48.0 Å². The van der Waals surface area contributed by atoms with Crippen molar-refractivity contribution in [2.45, 2.75) is 71.6 Å². The van der Waals surface area contributed by atoms with Crippen LogP contribution in [-0.2, 0) is 18.9 Å². The average Bonchev–Trinajstić information content (AvgIpc) is 2.55. The second-order valence-corrected chi connectivity index (χ2v) is 6.19. The normalized spacial score (nSPS) is 23.8. The van der Waals surface area contributed by atoms with E-state index in [2.05, 4.69) is 13.8 Å². The maximum Gasteiger partial charge on any atom is 0.163 e. The molecule has 1 aliphatic rings. The molecular weight excluding hydrogens is 232 g/mol. The molecule has 1 fully saturated rings. The standard InChI is InChI=1S/C14H28O4/c1-11(2)15-8-7-13(3,4)16-9-12-10-17-14(5,6)18-12/h11-12H,7-10H2,1-6H3. The zero-order valence-corrected chi connectivity index (χ0v) is 12.6. The molecule has 108 valence electrons. The molecule has 0 aliphatic carbocycles. The predicted octanol–water partition coefficient (Wildman–Crippen LogP) is 2.75. The van der Waals surface area contributed by atoms with Crippen molar-refractivity contribution in [1.82, 2.24) is 0 Å². The second-order valence-electron chi connectivity index (χ2n) is 6.19. The van der Waals surface area contributed by atoms with Gasteiger partial charge in [-0.1, -0.05) is 0 Å². The van der Waals surface area contributed by atoms with Gasteiger partial charge in [0.25, 0.3) is 0 Å². The highest BCUT2D eigenvalue weighted by Gasteiger charge is 2.33. The summed E-state index contributed by atoms with van der Waals surface area (Å²) in [6.45, 7) is 14.0. The smallest absolute Gasteiger partial charge is 0.163 e. The fourth-order valence-electron chi connectivity index (χ4n) is 1.78. The third-order valence-electron chi connectivity index (χ3n) is 2.88. The zero-order valence-electron chi connectivity index (χ0n) is 12.6. The lowest BCUT2D eigenvalue weighted by Crippen LogP contribution is -2.32. The van der Waals surface area contributed by atoms with Gasteiger partial charge in [-0.25, -0.2) is 0 Å². The maximum atomic E-state index is 5.90. The number of hydrogen-bond donors (Lipinski definition) is 0.